The minimum Gasteiger partial charge on any atom is -0.505 e. The van der Waals surface area contributed by atoms with E-state index in [4.69, 9.17) is 4.74 Å². The van der Waals surface area contributed by atoms with Crippen LogP contribution in [0.3, 0.4) is 0 Å². The molecule has 0 heterocycles. The van der Waals surface area contributed by atoms with Gasteiger partial charge in [-0.15, -0.1) is 0 Å². The summed E-state index contributed by atoms with van der Waals surface area (Å²) >= 11 is 0. The molecule has 0 spiro atoms. The van der Waals surface area contributed by atoms with Crippen LogP contribution in [0.2, 0.25) is 0 Å². The van der Waals surface area contributed by atoms with Crippen molar-refractivity contribution in [2.24, 2.45) is 5.92 Å². The Labute approximate surface area is 63.1 Å². The summed E-state index contributed by atoms with van der Waals surface area (Å²) in [4.78, 5) is 0. The van der Waals surface area contributed by atoms with Gasteiger partial charge in [-0.2, -0.15) is 0 Å². The second kappa shape index (κ2) is 4.37. The molecule has 1 heteroatoms. The first kappa shape index (κ1) is 7.64. The Morgan fingerprint density at radius 1 is 1.50 bits per heavy atom. The van der Waals surface area contributed by atoms with Crippen LogP contribution in [-0.2, 0) is 4.74 Å². The summed E-state index contributed by atoms with van der Waals surface area (Å²) in [5, 5.41) is 0. The fourth-order valence-corrected chi connectivity index (χ4v) is 1.33. The molecule has 0 bridgehead atoms. The molecule has 1 unspecified atom stereocenters. The van der Waals surface area contributed by atoms with E-state index in [9.17, 15) is 0 Å². The van der Waals surface area contributed by atoms with Crippen LogP contribution < -0.4 is 0 Å². The molecule has 10 heavy (non-hydrogen) atoms. The predicted molar refractivity (Wildman–Crippen MR) is 42.4 cm³/mol. The Morgan fingerprint density at radius 2 is 2.40 bits per heavy atom. The summed E-state index contributed by atoms with van der Waals surface area (Å²) < 4.78 is 4.84. The molecule has 0 N–H and O–H groups in total. The first-order valence-corrected chi connectivity index (χ1v) is 3.96. The van der Waals surface area contributed by atoms with Crippen molar-refractivity contribution in [2.75, 3.05) is 7.11 Å². The molecule has 0 saturated heterocycles. The van der Waals surface area contributed by atoms with Crippen molar-refractivity contribution in [2.45, 2.75) is 25.7 Å². The van der Waals surface area contributed by atoms with Gasteiger partial charge in [0.15, 0.2) is 0 Å². The summed E-state index contributed by atoms with van der Waals surface area (Å²) in [6.45, 7) is 0. The molecule has 0 aromatic carbocycles. The lowest BCUT2D eigenvalue weighted by Gasteiger charge is -2.16. The van der Waals surface area contributed by atoms with E-state index >= 15 is 0 Å². The standard InChI is InChI=1S/C9H15O/c1-10-8-7-9-5-3-2-4-6-9/h5,7-9H,2-4,6H2,1H3. The van der Waals surface area contributed by atoms with Gasteiger partial charge >= 0.3 is 0 Å². The third-order valence-electron chi connectivity index (χ3n) is 1.92. The maximum absolute atomic E-state index is 4.84. The van der Waals surface area contributed by atoms with Gasteiger partial charge in [0.1, 0.15) is 0 Å². The van der Waals surface area contributed by atoms with E-state index in [0.29, 0.717) is 5.92 Å². The van der Waals surface area contributed by atoms with Crippen LogP contribution in [0.5, 0.6) is 0 Å². The van der Waals surface area contributed by atoms with E-state index in [0.717, 1.165) is 0 Å². The van der Waals surface area contributed by atoms with E-state index < -0.39 is 0 Å². The van der Waals surface area contributed by atoms with Gasteiger partial charge in [-0.1, -0.05) is 12.8 Å². The molecule has 57 valence electrons. The van der Waals surface area contributed by atoms with Gasteiger partial charge in [0.25, 0.3) is 0 Å². The molecule has 1 rings (SSSR count). The third-order valence-corrected chi connectivity index (χ3v) is 1.92. The molecular weight excluding hydrogens is 124 g/mol. The largest absolute Gasteiger partial charge is 0.505 e. The maximum atomic E-state index is 4.84. The summed E-state index contributed by atoms with van der Waals surface area (Å²) in [5.74, 6) is 0.675. The Bertz CT molecular complexity index is 101. The molecule has 1 aliphatic rings. The zero-order valence-corrected chi connectivity index (χ0v) is 6.55. The highest BCUT2D eigenvalue weighted by Gasteiger charge is 2.09. The van der Waals surface area contributed by atoms with Crippen molar-refractivity contribution in [1.29, 1.82) is 0 Å². The van der Waals surface area contributed by atoms with Crippen molar-refractivity contribution in [3.05, 3.63) is 18.8 Å². The summed E-state index contributed by atoms with van der Waals surface area (Å²) in [6, 6.07) is 0. The Kier molecular flexibility index (Phi) is 3.34. The maximum Gasteiger partial charge on any atom is 0.0787 e. The van der Waals surface area contributed by atoms with Crippen LogP contribution in [0.15, 0.2) is 12.3 Å². The van der Waals surface area contributed by atoms with Crippen molar-refractivity contribution in [1.82, 2.24) is 0 Å². The SMILES string of the molecule is COC=CC1[CH]CCCC1. The third kappa shape index (κ3) is 2.42. The minimum atomic E-state index is 0.675. The summed E-state index contributed by atoms with van der Waals surface area (Å²) in [6.07, 6.45) is 11.6. The van der Waals surface area contributed by atoms with Gasteiger partial charge in [0.2, 0.25) is 0 Å². The highest BCUT2D eigenvalue weighted by atomic mass is 16.5. The number of rotatable bonds is 2. The van der Waals surface area contributed by atoms with Crippen molar-refractivity contribution < 1.29 is 4.74 Å². The molecule has 1 saturated carbocycles. The molecule has 1 aliphatic carbocycles. The van der Waals surface area contributed by atoms with Gasteiger partial charge in [0, 0.05) is 0 Å². The Morgan fingerprint density at radius 3 is 3.00 bits per heavy atom. The van der Waals surface area contributed by atoms with Crippen molar-refractivity contribution >= 4 is 0 Å². The van der Waals surface area contributed by atoms with E-state index in [1.165, 1.54) is 25.7 Å². The van der Waals surface area contributed by atoms with E-state index in [1.807, 2.05) is 0 Å². The average molecular weight is 139 g/mol. The number of methoxy groups -OCH3 is 1. The monoisotopic (exact) mass is 139 g/mol. The number of hydrogen-bond donors (Lipinski definition) is 0. The first-order chi connectivity index (χ1) is 4.93. The second-order valence-electron chi connectivity index (χ2n) is 2.75. The van der Waals surface area contributed by atoms with E-state index in [2.05, 4.69) is 12.5 Å². The van der Waals surface area contributed by atoms with Gasteiger partial charge in [-0.3, -0.25) is 0 Å². The molecule has 1 radical (unpaired) electrons. The molecule has 0 aromatic heterocycles. The smallest absolute Gasteiger partial charge is 0.0787 e. The Hall–Kier alpha value is -0.460. The van der Waals surface area contributed by atoms with Crippen LogP contribution in [0.25, 0.3) is 0 Å². The lowest BCUT2D eigenvalue weighted by Crippen LogP contribution is -2.03. The first-order valence-electron chi connectivity index (χ1n) is 3.96. The number of ether oxygens (including phenoxy) is 1. The molecular formula is C9H15O. The molecule has 1 atom stereocenters. The quantitative estimate of drug-likeness (QED) is 0.534. The van der Waals surface area contributed by atoms with Gasteiger partial charge in [-0.05, 0) is 31.3 Å². The molecule has 1 fully saturated rings. The zero-order valence-electron chi connectivity index (χ0n) is 6.55. The normalized spacial score (nSPS) is 21.7. The predicted octanol–water partition coefficient (Wildman–Crippen LogP) is 2.54. The van der Waals surface area contributed by atoms with Crippen molar-refractivity contribution in [3.63, 3.8) is 0 Å². The minimum absolute atomic E-state index is 0.675. The lowest BCUT2D eigenvalue weighted by molar-refractivity contribution is 0.332. The van der Waals surface area contributed by atoms with Crippen LogP contribution in [0.4, 0.5) is 0 Å². The zero-order chi connectivity index (χ0) is 7.23. The molecule has 0 aliphatic heterocycles. The number of hydrogen-bond acceptors (Lipinski definition) is 1. The fraction of sp³-hybridized carbons (Fsp3) is 0.667. The molecule has 1 nitrogen and oxygen atoms in total. The number of allylic oxidation sites excluding steroid dienone is 1. The van der Waals surface area contributed by atoms with Crippen LogP contribution in [-0.4, -0.2) is 7.11 Å². The topological polar surface area (TPSA) is 9.23 Å². The molecule has 0 aromatic rings. The highest BCUT2D eigenvalue weighted by molar-refractivity contribution is 4.94. The highest BCUT2D eigenvalue weighted by Crippen LogP contribution is 2.23. The van der Waals surface area contributed by atoms with E-state index in [1.54, 1.807) is 13.4 Å². The lowest BCUT2D eigenvalue weighted by atomic mass is 9.89. The van der Waals surface area contributed by atoms with E-state index in [-0.39, 0.29) is 0 Å². The summed E-state index contributed by atoms with van der Waals surface area (Å²) in [5.41, 5.74) is 0. The fourth-order valence-electron chi connectivity index (χ4n) is 1.33. The second-order valence-corrected chi connectivity index (χ2v) is 2.75. The van der Waals surface area contributed by atoms with Gasteiger partial charge in [0.05, 0.1) is 13.4 Å². The Balaban J connectivity index is 2.19. The van der Waals surface area contributed by atoms with Crippen LogP contribution in [0.1, 0.15) is 25.7 Å². The van der Waals surface area contributed by atoms with Crippen molar-refractivity contribution in [3.8, 4) is 0 Å². The van der Waals surface area contributed by atoms with Crippen LogP contribution >= 0.6 is 0 Å². The summed E-state index contributed by atoms with van der Waals surface area (Å²) in [7, 11) is 1.69. The van der Waals surface area contributed by atoms with Gasteiger partial charge < -0.3 is 4.74 Å². The molecule has 0 amide bonds. The average Bonchev–Trinajstić information content (AvgIpc) is 2.03. The van der Waals surface area contributed by atoms with Crippen LogP contribution in [0, 0.1) is 12.3 Å². The van der Waals surface area contributed by atoms with Gasteiger partial charge in [-0.25, -0.2) is 0 Å².